The topological polar surface area (TPSA) is 53.6 Å². The van der Waals surface area contributed by atoms with Crippen molar-refractivity contribution in [3.8, 4) is 0 Å². The zero-order valence-electron chi connectivity index (χ0n) is 11.0. The van der Waals surface area contributed by atoms with Crippen molar-refractivity contribution in [3.63, 3.8) is 0 Å². The van der Waals surface area contributed by atoms with Gasteiger partial charge >= 0.3 is 6.03 Å². The number of benzene rings is 1. The number of hydrogen-bond donors (Lipinski definition) is 2. The third kappa shape index (κ3) is 4.73. The number of ether oxygens (including phenoxy) is 1. The second-order valence-corrected chi connectivity index (χ2v) is 5.32. The van der Waals surface area contributed by atoms with E-state index in [4.69, 9.17) is 4.74 Å². The number of nitrogens with one attached hydrogen (secondary N) is 2. The lowest BCUT2D eigenvalue weighted by molar-refractivity contribution is 0.0388. The summed E-state index contributed by atoms with van der Waals surface area (Å²) < 4.78 is 18.6. The zero-order valence-corrected chi connectivity index (χ0v) is 12.6. The highest BCUT2D eigenvalue weighted by molar-refractivity contribution is 9.10. The molecule has 1 aliphatic heterocycles. The van der Waals surface area contributed by atoms with Crippen LogP contribution in [0.3, 0.4) is 0 Å². The summed E-state index contributed by atoms with van der Waals surface area (Å²) in [7, 11) is 0. The quantitative estimate of drug-likeness (QED) is 0.877. The van der Waals surface area contributed by atoms with E-state index < -0.39 is 0 Å². The predicted molar refractivity (Wildman–Crippen MR) is 78.4 cm³/mol. The van der Waals surface area contributed by atoms with Crippen molar-refractivity contribution in [1.82, 2.24) is 10.2 Å². The van der Waals surface area contributed by atoms with Crippen LogP contribution in [0.25, 0.3) is 0 Å². The molecular weight excluding hydrogens is 329 g/mol. The Morgan fingerprint density at radius 2 is 2.15 bits per heavy atom. The van der Waals surface area contributed by atoms with Crippen LogP contribution in [-0.2, 0) is 4.74 Å². The molecule has 0 radical (unpaired) electrons. The van der Waals surface area contributed by atoms with Crippen molar-refractivity contribution in [3.05, 3.63) is 28.5 Å². The average molecular weight is 346 g/mol. The highest BCUT2D eigenvalue weighted by Gasteiger charge is 2.10. The molecule has 0 saturated carbocycles. The molecule has 1 heterocycles. The number of carbonyl (C=O) groups is 1. The van der Waals surface area contributed by atoms with Crippen LogP contribution < -0.4 is 10.6 Å². The number of amides is 2. The third-order valence-electron chi connectivity index (χ3n) is 2.99. The highest BCUT2D eigenvalue weighted by Crippen LogP contribution is 2.19. The van der Waals surface area contributed by atoms with Crippen LogP contribution in [0.5, 0.6) is 0 Å². The van der Waals surface area contributed by atoms with Crippen molar-refractivity contribution >= 4 is 27.6 Å². The Kier molecular flexibility index (Phi) is 5.75. The predicted octanol–water partition coefficient (Wildman–Crippen LogP) is 2.04. The Hall–Kier alpha value is -1.18. The van der Waals surface area contributed by atoms with E-state index in [2.05, 4.69) is 31.5 Å². The minimum Gasteiger partial charge on any atom is -0.379 e. The first-order valence-corrected chi connectivity index (χ1v) is 7.24. The summed E-state index contributed by atoms with van der Waals surface area (Å²) in [6.07, 6.45) is 0. The first-order valence-electron chi connectivity index (χ1n) is 6.45. The average Bonchev–Trinajstić information content (AvgIpc) is 2.44. The SMILES string of the molecule is O=C(NCCN1CCOCC1)Nc1ccc(F)c(Br)c1. The first kappa shape index (κ1) is 15.2. The fourth-order valence-corrected chi connectivity index (χ4v) is 2.28. The number of carbonyl (C=O) groups excluding carboxylic acids is 1. The number of halogens is 2. The van der Waals surface area contributed by atoms with Gasteiger partial charge in [-0.3, -0.25) is 4.90 Å². The van der Waals surface area contributed by atoms with E-state index >= 15 is 0 Å². The van der Waals surface area contributed by atoms with Gasteiger partial charge in [-0.15, -0.1) is 0 Å². The van der Waals surface area contributed by atoms with Gasteiger partial charge in [0.1, 0.15) is 5.82 Å². The van der Waals surface area contributed by atoms with E-state index in [1.807, 2.05) is 0 Å². The summed E-state index contributed by atoms with van der Waals surface area (Å²) in [5.41, 5.74) is 0.544. The van der Waals surface area contributed by atoms with Gasteiger partial charge in [-0.2, -0.15) is 0 Å². The van der Waals surface area contributed by atoms with E-state index in [1.165, 1.54) is 18.2 Å². The van der Waals surface area contributed by atoms with Gasteiger partial charge in [-0.1, -0.05) is 0 Å². The first-order chi connectivity index (χ1) is 9.65. The monoisotopic (exact) mass is 345 g/mol. The van der Waals surface area contributed by atoms with E-state index in [9.17, 15) is 9.18 Å². The maximum absolute atomic E-state index is 13.1. The summed E-state index contributed by atoms with van der Waals surface area (Å²) in [6.45, 7) is 4.64. The second-order valence-electron chi connectivity index (χ2n) is 4.46. The van der Waals surface area contributed by atoms with Gasteiger partial charge in [0, 0.05) is 31.9 Å². The summed E-state index contributed by atoms with van der Waals surface area (Å²) in [6, 6.07) is 4.04. The van der Waals surface area contributed by atoms with Crippen LogP contribution in [0, 0.1) is 5.82 Å². The maximum Gasteiger partial charge on any atom is 0.319 e. The lowest BCUT2D eigenvalue weighted by atomic mass is 10.3. The molecule has 2 rings (SSSR count). The molecule has 0 aromatic heterocycles. The summed E-state index contributed by atoms with van der Waals surface area (Å²) in [5, 5.41) is 5.43. The molecule has 0 atom stereocenters. The molecule has 0 spiro atoms. The summed E-state index contributed by atoms with van der Waals surface area (Å²) >= 11 is 3.08. The second kappa shape index (κ2) is 7.56. The van der Waals surface area contributed by atoms with Crippen molar-refractivity contribution in [2.45, 2.75) is 0 Å². The minimum atomic E-state index is -0.358. The maximum atomic E-state index is 13.1. The summed E-state index contributed by atoms with van der Waals surface area (Å²) in [5.74, 6) is -0.358. The van der Waals surface area contributed by atoms with Gasteiger partial charge in [0.05, 0.1) is 17.7 Å². The molecule has 1 aromatic rings. The fraction of sp³-hybridized carbons (Fsp3) is 0.462. The third-order valence-corrected chi connectivity index (χ3v) is 3.60. The normalized spacial score (nSPS) is 15.9. The van der Waals surface area contributed by atoms with Crippen molar-refractivity contribution in [2.24, 2.45) is 0 Å². The molecule has 20 heavy (non-hydrogen) atoms. The Bertz CT molecular complexity index is 467. The van der Waals surface area contributed by atoms with Crippen LogP contribution in [0.1, 0.15) is 0 Å². The van der Waals surface area contributed by atoms with Gasteiger partial charge in [0.2, 0.25) is 0 Å². The van der Waals surface area contributed by atoms with Crippen LogP contribution in [-0.4, -0.2) is 50.3 Å². The van der Waals surface area contributed by atoms with Gasteiger partial charge < -0.3 is 15.4 Å². The van der Waals surface area contributed by atoms with Crippen LogP contribution in [0.15, 0.2) is 22.7 Å². The Balaban J connectivity index is 1.70. The van der Waals surface area contributed by atoms with Gasteiger partial charge in [-0.05, 0) is 34.1 Å². The number of anilines is 1. The number of morpholine rings is 1. The molecule has 0 aliphatic carbocycles. The van der Waals surface area contributed by atoms with E-state index in [1.54, 1.807) is 0 Å². The van der Waals surface area contributed by atoms with Crippen molar-refractivity contribution in [2.75, 3.05) is 44.7 Å². The van der Waals surface area contributed by atoms with Crippen molar-refractivity contribution < 1.29 is 13.9 Å². The number of rotatable bonds is 4. The van der Waals surface area contributed by atoms with E-state index in [-0.39, 0.29) is 11.8 Å². The molecule has 1 fully saturated rings. The highest BCUT2D eigenvalue weighted by atomic mass is 79.9. The van der Waals surface area contributed by atoms with E-state index in [0.29, 0.717) is 16.7 Å². The molecule has 2 amide bonds. The standard InChI is InChI=1S/C13H17BrFN3O2/c14-11-9-10(1-2-12(11)15)17-13(19)16-3-4-18-5-7-20-8-6-18/h1-2,9H,3-8H2,(H2,16,17,19). The molecule has 0 unspecified atom stereocenters. The molecule has 1 aliphatic rings. The molecule has 110 valence electrons. The number of nitrogens with zero attached hydrogens (tertiary/aromatic N) is 1. The van der Waals surface area contributed by atoms with Crippen LogP contribution >= 0.6 is 15.9 Å². The van der Waals surface area contributed by atoms with E-state index in [0.717, 1.165) is 32.8 Å². The lowest BCUT2D eigenvalue weighted by Crippen LogP contribution is -2.42. The largest absolute Gasteiger partial charge is 0.379 e. The molecule has 7 heteroatoms. The molecule has 1 saturated heterocycles. The minimum absolute atomic E-state index is 0.295. The smallest absolute Gasteiger partial charge is 0.319 e. The zero-order chi connectivity index (χ0) is 14.4. The van der Waals surface area contributed by atoms with Crippen LogP contribution in [0.4, 0.5) is 14.9 Å². The summed E-state index contributed by atoms with van der Waals surface area (Å²) in [4.78, 5) is 13.9. The number of hydrogen-bond acceptors (Lipinski definition) is 3. The Labute approximate surface area is 125 Å². The van der Waals surface area contributed by atoms with Gasteiger partial charge in [0.15, 0.2) is 0 Å². The Morgan fingerprint density at radius 3 is 2.85 bits per heavy atom. The number of urea groups is 1. The van der Waals surface area contributed by atoms with Gasteiger partial charge in [-0.25, -0.2) is 9.18 Å². The molecule has 2 N–H and O–H groups in total. The molecular formula is C13H17BrFN3O2. The molecule has 1 aromatic carbocycles. The lowest BCUT2D eigenvalue weighted by Gasteiger charge is -2.26. The molecule has 0 bridgehead atoms. The fourth-order valence-electron chi connectivity index (χ4n) is 1.90. The van der Waals surface area contributed by atoms with Crippen molar-refractivity contribution in [1.29, 1.82) is 0 Å². The van der Waals surface area contributed by atoms with Crippen LogP contribution in [0.2, 0.25) is 0 Å². The van der Waals surface area contributed by atoms with Gasteiger partial charge in [0.25, 0.3) is 0 Å². The molecule has 5 nitrogen and oxygen atoms in total. The Morgan fingerprint density at radius 1 is 1.40 bits per heavy atom.